The van der Waals surface area contributed by atoms with Gasteiger partial charge in [-0.15, -0.1) is 11.6 Å². The van der Waals surface area contributed by atoms with Crippen LogP contribution in [0.1, 0.15) is 43.4 Å². The Kier molecular flexibility index (Phi) is 8.40. The van der Waals surface area contributed by atoms with Crippen molar-refractivity contribution in [3.8, 4) is 0 Å². The minimum absolute atomic E-state index is 0.0214. The van der Waals surface area contributed by atoms with Crippen LogP contribution in [-0.4, -0.2) is 41.1 Å². The first-order chi connectivity index (χ1) is 12.0. The SMILES string of the molecule is CC1C(c2ccc(Cl)cc2)SC(=O)N1CC(=O)NCCCCCCCl. The van der Waals surface area contributed by atoms with Gasteiger partial charge in [0.15, 0.2) is 0 Å². The summed E-state index contributed by atoms with van der Waals surface area (Å²) in [4.78, 5) is 26.0. The van der Waals surface area contributed by atoms with Crippen molar-refractivity contribution in [2.24, 2.45) is 0 Å². The molecular formula is C18H24Cl2N2O2S. The molecule has 1 aromatic carbocycles. The highest BCUT2D eigenvalue weighted by Gasteiger charge is 2.39. The Bertz CT molecular complexity index is 583. The molecule has 1 heterocycles. The average molecular weight is 403 g/mol. The van der Waals surface area contributed by atoms with Crippen molar-refractivity contribution < 1.29 is 9.59 Å². The van der Waals surface area contributed by atoms with Crippen LogP contribution in [0.3, 0.4) is 0 Å². The first-order valence-corrected chi connectivity index (χ1v) is 10.4. The lowest BCUT2D eigenvalue weighted by Crippen LogP contribution is -2.41. The second-order valence-corrected chi connectivity index (χ2v) is 8.08. The van der Waals surface area contributed by atoms with Crippen molar-refractivity contribution in [1.29, 1.82) is 0 Å². The molecule has 25 heavy (non-hydrogen) atoms. The number of carbonyl (C=O) groups is 2. The Balaban J connectivity index is 1.80. The molecule has 0 aromatic heterocycles. The fourth-order valence-electron chi connectivity index (χ4n) is 2.82. The van der Waals surface area contributed by atoms with Gasteiger partial charge in [0.2, 0.25) is 5.91 Å². The summed E-state index contributed by atoms with van der Waals surface area (Å²) in [6, 6.07) is 7.50. The Labute approximate surface area is 163 Å². The smallest absolute Gasteiger partial charge is 0.283 e. The monoisotopic (exact) mass is 402 g/mol. The van der Waals surface area contributed by atoms with Crippen molar-refractivity contribution in [3.05, 3.63) is 34.9 Å². The van der Waals surface area contributed by atoms with Crippen molar-refractivity contribution in [1.82, 2.24) is 10.2 Å². The molecule has 1 N–H and O–H groups in total. The van der Waals surface area contributed by atoms with Crippen LogP contribution in [0.15, 0.2) is 24.3 Å². The van der Waals surface area contributed by atoms with E-state index in [9.17, 15) is 9.59 Å². The number of hydrogen-bond donors (Lipinski definition) is 1. The van der Waals surface area contributed by atoms with Crippen LogP contribution in [0, 0.1) is 0 Å². The summed E-state index contributed by atoms with van der Waals surface area (Å²) < 4.78 is 0. The highest BCUT2D eigenvalue weighted by atomic mass is 35.5. The predicted octanol–water partition coefficient (Wildman–Crippen LogP) is 4.85. The molecule has 0 spiro atoms. The summed E-state index contributed by atoms with van der Waals surface area (Å²) in [6.45, 7) is 2.74. The number of nitrogens with one attached hydrogen (secondary N) is 1. The van der Waals surface area contributed by atoms with Crippen LogP contribution in [0.4, 0.5) is 4.79 Å². The van der Waals surface area contributed by atoms with Crippen molar-refractivity contribution in [2.45, 2.75) is 43.9 Å². The molecule has 0 bridgehead atoms. The quantitative estimate of drug-likeness (QED) is 0.474. The molecule has 0 aliphatic carbocycles. The number of thioether (sulfide) groups is 1. The second-order valence-electron chi connectivity index (χ2n) is 6.18. The van der Waals surface area contributed by atoms with Gasteiger partial charge in [0.05, 0.1) is 5.25 Å². The number of carbonyl (C=O) groups excluding carboxylic acids is 2. The molecule has 1 aromatic rings. The van der Waals surface area contributed by atoms with E-state index in [1.54, 1.807) is 4.90 Å². The molecule has 0 radical (unpaired) electrons. The second kappa shape index (κ2) is 10.3. The van der Waals surface area contributed by atoms with Crippen molar-refractivity contribution >= 4 is 46.1 Å². The lowest BCUT2D eigenvalue weighted by atomic mass is 10.1. The molecule has 2 amide bonds. The van der Waals surface area contributed by atoms with E-state index < -0.39 is 0 Å². The largest absolute Gasteiger partial charge is 0.355 e. The van der Waals surface area contributed by atoms with Gasteiger partial charge < -0.3 is 10.2 Å². The minimum atomic E-state index is -0.102. The summed E-state index contributed by atoms with van der Waals surface area (Å²) in [7, 11) is 0. The fourth-order valence-corrected chi connectivity index (χ4v) is 4.36. The van der Waals surface area contributed by atoms with E-state index in [0.717, 1.165) is 31.2 Å². The summed E-state index contributed by atoms with van der Waals surface area (Å²) in [6.07, 6.45) is 4.09. The molecule has 138 valence electrons. The molecule has 1 saturated heterocycles. The normalized spacial score (nSPS) is 20.1. The third kappa shape index (κ3) is 6.08. The van der Waals surface area contributed by atoms with Gasteiger partial charge in [-0.05, 0) is 37.5 Å². The summed E-state index contributed by atoms with van der Waals surface area (Å²) in [5, 5.41) is 3.54. The highest BCUT2D eigenvalue weighted by Crippen LogP contribution is 2.43. The van der Waals surface area contributed by atoms with Gasteiger partial charge in [-0.3, -0.25) is 9.59 Å². The topological polar surface area (TPSA) is 49.4 Å². The van der Waals surface area contributed by atoms with Gasteiger partial charge in [0.1, 0.15) is 6.54 Å². The molecule has 2 unspecified atom stereocenters. The maximum absolute atomic E-state index is 12.3. The Morgan fingerprint density at radius 3 is 2.56 bits per heavy atom. The summed E-state index contributed by atoms with van der Waals surface area (Å²) in [5.74, 6) is 0.586. The number of amides is 2. The molecule has 1 fully saturated rings. The summed E-state index contributed by atoms with van der Waals surface area (Å²) in [5.41, 5.74) is 1.05. The van der Waals surface area contributed by atoms with Gasteiger partial charge in [0, 0.05) is 23.5 Å². The van der Waals surface area contributed by atoms with Gasteiger partial charge in [-0.25, -0.2) is 0 Å². The lowest BCUT2D eigenvalue weighted by molar-refractivity contribution is -0.121. The van der Waals surface area contributed by atoms with E-state index in [0.29, 0.717) is 17.4 Å². The fraction of sp³-hybridized carbons (Fsp3) is 0.556. The Hall–Kier alpha value is -0.910. The van der Waals surface area contributed by atoms with Crippen molar-refractivity contribution in [2.75, 3.05) is 19.0 Å². The molecule has 2 atom stereocenters. The van der Waals surface area contributed by atoms with Gasteiger partial charge in [-0.1, -0.05) is 48.3 Å². The predicted molar refractivity (Wildman–Crippen MR) is 106 cm³/mol. The number of hydrogen-bond acceptors (Lipinski definition) is 3. The number of benzene rings is 1. The third-order valence-corrected chi connectivity index (χ3v) is 6.16. The van der Waals surface area contributed by atoms with E-state index in [-0.39, 0.29) is 29.0 Å². The van der Waals surface area contributed by atoms with E-state index in [1.807, 2.05) is 31.2 Å². The maximum atomic E-state index is 12.3. The van der Waals surface area contributed by atoms with E-state index in [2.05, 4.69) is 5.32 Å². The molecule has 0 saturated carbocycles. The molecule has 7 heteroatoms. The maximum Gasteiger partial charge on any atom is 0.283 e. The van der Waals surface area contributed by atoms with E-state index in [1.165, 1.54) is 11.8 Å². The molecular weight excluding hydrogens is 379 g/mol. The Morgan fingerprint density at radius 2 is 1.88 bits per heavy atom. The molecule has 2 rings (SSSR count). The van der Waals surface area contributed by atoms with Crippen LogP contribution < -0.4 is 5.32 Å². The number of nitrogens with zero attached hydrogens (tertiary/aromatic N) is 1. The van der Waals surface area contributed by atoms with Gasteiger partial charge >= 0.3 is 0 Å². The zero-order valence-corrected chi connectivity index (χ0v) is 16.7. The molecule has 1 aliphatic heterocycles. The first kappa shape index (κ1) is 20.4. The molecule has 4 nitrogen and oxygen atoms in total. The van der Waals surface area contributed by atoms with E-state index in [4.69, 9.17) is 23.2 Å². The first-order valence-electron chi connectivity index (χ1n) is 8.58. The van der Waals surface area contributed by atoms with Crippen LogP contribution in [0.25, 0.3) is 0 Å². The average Bonchev–Trinajstić information content (AvgIpc) is 2.87. The zero-order valence-electron chi connectivity index (χ0n) is 14.3. The standard InChI is InChI=1S/C18H24Cl2N2O2S/c1-13-17(14-6-8-15(20)9-7-14)25-18(24)22(13)12-16(23)21-11-5-3-2-4-10-19/h6-9,13,17H,2-5,10-12H2,1H3,(H,21,23). The van der Waals surface area contributed by atoms with Crippen LogP contribution in [0.2, 0.25) is 5.02 Å². The Morgan fingerprint density at radius 1 is 1.20 bits per heavy atom. The zero-order chi connectivity index (χ0) is 18.2. The number of alkyl halides is 1. The van der Waals surface area contributed by atoms with Crippen molar-refractivity contribution in [3.63, 3.8) is 0 Å². The third-order valence-electron chi connectivity index (χ3n) is 4.29. The summed E-state index contributed by atoms with van der Waals surface area (Å²) >= 11 is 12.8. The molecule has 1 aliphatic rings. The van der Waals surface area contributed by atoms with Gasteiger partial charge in [0.25, 0.3) is 5.24 Å². The van der Waals surface area contributed by atoms with E-state index >= 15 is 0 Å². The van der Waals surface area contributed by atoms with Gasteiger partial charge in [-0.2, -0.15) is 0 Å². The number of halogens is 2. The van der Waals surface area contributed by atoms with Crippen LogP contribution >= 0.6 is 35.0 Å². The minimum Gasteiger partial charge on any atom is -0.355 e. The number of unbranched alkanes of at least 4 members (excludes halogenated alkanes) is 3. The van der Waals surface area contributed by atoms with Crippen LogP contribution in [0.5, 0.6) is 0 Å². The lowest BCUT2D eigenvalue weighted by Gasteiger charge is -2.23. The van der Waals surface area contributed by atoms with Crippen LogP contribution in [-0.2, 0) is 4.79 Å². The number of rotatable bonds is 9. The highest BCUT2D eigenvalue weighted by molar-refractivity contribution is 8.14.